The molecule has 0 aromatic heterocycles. The van der Waals surface area contributed by atoms with Crippen molar-refractivity contribution in [3.8, 4) is 0 Å². The molecule has 0 amide bonds. The van der Waals surface area contributed by atoms with Crippen molar-refractivity contribution >= 4 is 7.60 Å². The van der Waals surface area contributed by atoms with Crippen LogP contribution in [0.15, 0.2) is 24.3 Å². The standard InChI is InChI=1S/C11H17O4P/c1-9-6-4-5-7-10(9)11(12)8-16(13,14-2)15-3/h4-7,11-12H,8H2,1-3H3. The Morgan fingerprint density at radius 3 is 2.38 bits per heavy atom. The van der Waals surface area contributed by atoms with E-state index in [9.17, 15) is 9.67 Å². The van der Waals surface area contributed by atoms with Crippen molar-refractivity contribution in [3.63, 3.8) is 0 Å². The summed E-state index contributed by atoms with van der Waals surface area (Å²) in [6, 6.07) is 7.41. The molecule has 0 saturated carbocycles. The zero-order valence-electron chi connectivity index (χ0n) is 9.71. The first-order valence-electron chi connectivity index (χ1n) is 4.96. The zero-order valence-corrected chi connectivity index (χ0v) is 10.6. The van der Waals surface area contributed by atoms with Gasteiger partial charge in [0.25, 0.3) is 0 Å². The third-order valence-electron chi connectivity index (χ3n) is 2.50. The third kappa shape index (κ3) is 3.16. The summed E-state index contributed by atoms with van der Waals surface area (Å²) in [5.74, 6) is 0. The molecule has 4 nitrogen and oxygen atoms in total. The molecule has 0 heterocycles. The van der Waals surface area contributed by atoms with Gasteiger partial charge in [0.15, 0.2) is 0 Å². The van der Waals surface area contributed by atoms with E-state index in [2.05, 4.69) is 0 Å². The van der Waals surface area contributed by atoms with Crippen LogP contribution in [0.4, 0.5) is 0 Å². The lowest BCUT2D eigenvalue weighted by atomic mass is 10.1. The summed E-state index contributed by atoms with van der Waals surface area (Å²) in [6.07, 6.45) is -0.878. The normalized spacial score (nSPS) is 13.8. The van der Waals surface area contributed by atoms with Crippen LogP contribution in [0.5, 0.6) is 0 Å². The van der Waals surface area contributed by atoms with Crippen LogP contribution in [0.3, 0.4) is 0 Å². The number of aliphatic hydroxyl groups is 1. The highest BCUT2D eigenvalue weighted by Crippen LogP contribution is 2.49. The molecule has 0 aliphatic heterocycles. The largest absolute Gasteiger partial charge is 0.388 e. The topological polar surface area (TPSA) is 55.8 Å². The Morgan fingerprint density at radius 2 is 1.88 bits per heavy atom. The fourth-order valence-electron chi connectivity index (χ4n) is 1.49. The average molecular weight is 244 g/mol. The Hall–Kier alpha value is -0.670. The summed E-state index contributed by atoms with van der Waals surface area (Å²) in [5, 5.41) is 9.97. The van der Waals surface area contributed by atoms with Gasteiger partial charge in [-0.05, 0) is 18.1 Å². The van der Waals surface area contributed by atoms with Gasteiger partial charge in [-0.1, -0.05) is 24.3 Å². The molecule has 90 valence electrons. The number of hydrogen-bond donors (Lipinski definition) is 1. The molecule has 0 aliphatic rings. The maximum Gasteiger partial charge on any atom is 0.333 e. The molecule has 1 rings (SSSR count). The molecule has 0 fully saturated rings. The fourth-order valence-corrected chi connectivity index (χ4v) is 2.56. The van der Waals surface area contributed by atoms with E-state index in [1.54, 1.807) is 6.07 Å². The van der Waals surface area contributed by atoms with E-state index in [0.29, 0.717) is 0 Å². The van der Waals surface area contributed by atoms with Crippen LogP contribution < -0.4 is 0 Å². The average Bonchev–Trinajstić information content (AvgIpc) is 2.29. The lowest BCUT2D eigenvalue weighted by molar-refractivity contribution is 0.183. The maximum absolute atomic E-state index is 11.8. The summed E-state index contributed by atoms with van der Waals surface area (Å²) in [4.78, 5) is 0. The van der Waals surface area contributed by atoms with E-state index in [0.717, 1.165) is 11.1 Å². The Balaban J connectivity index is 2.84. The van der Waals surface area contributed by atoms with Crippen LogP contribution in [0.1, 0.15) is 17.2 Å². The van der Waals surface area contributed by atoms with Crippen molar-refractivity contribution in [2.24, 2.45) is 0 Å². The second kappa shape index (κ2) is 5.60. The minimum Gasteiger partial charge on any atom is -0.388 e. The first-order valence-corrected chi connectivity index (χ1v) is 6.69. The minimum absolute atomic E-state index is 0.0369. The van der Waals surface area contributed by atoms with E-state index in [-0.39, 0.29) is 6.16 Å². The fraction of sp³-hybridized carbons (Fsp3) is 0.455. The highest BCUT2D eigenvalue weighted by Gasteiger charge is 2.26. The second-order valence-corrected chi connectivity index (χ2v) is 5.85. The first-order chi connectivity index (χ1) is 7.52. The Labute approximate surface area is 95.7 Å². The van der Waals surface area contributed by atoms with Gasteiger partial charge in [-0.25, -0.2) is 0 Å². The number of rotatable bonds is 5. The zero-order chi connectivity index (χ0) is 12.2. The van der Waals surface area contributed by atoms with E-state index < -0.39 is 13.7 Å². The molecule has 5 heteroatoms. The van der Waals surface area contributed by atoms with Gasteiger partial charge in [0.1, 0.15) is 0 Å². The van der Waals surface area contributed by atoms with E-state index in [1.807, 2.05) is 25.1 Å². The number of benzene rings is 1. The highest BCUT2D eigenvalue weighted by molar-refractivity contribution is 7.53. The molecule has 0 radical (unpaired) electrons. The molecular formula is C11H17O4P. The lowest BCUT2D eigenvalue weighted by Gasteiger charge is -2.18. The summed E-state index contributed by atoms with van der Waals surface area (Å²) in [7, 11) is -0.544. The third-order valence-corrected chi connectivity index (χ3v) is 4.41. The Morgan fingerprint density at radius 1 is 1.31 bits per heavy atom. The van der Waals surface area contributed by atoms with Crippen molar-refractivity contribution in [2.45, 2.75) is 13.0 Å². The number of hydrogen-bond acceptors (Lipinski definition) is 4. The highest BCUT2D eigenvalue weighted by atomic mass is 31.2. The first kappa shape index (κ1) is 13.4. The van der Waals surface area contributed by atoms with Gasteiger partial charge in [-0.2, -0.15) is 0 Å². The number of aliphatic hydroxyl groups excluding tert-OH is 1. The van der Waals surface area contributed by atoms with Gasteiger partial charge in [0.2, 0.25) is 0 Å². The number of aryl methyl sites for hydroxylation is 1. The van der Waals surface area contributed by atoms with Gasteiger partial charge >= 0.3 is 7.60 Å². The second-order valence-electron chi connectivity index (χ2n) is 3.53. The quantitative estimate of drug-likeness (QED) is 0.808. The van der Waals surface area contributed by atoms with Gasteiger partial charge in [0, 0.05) is 14.2 Å². The predicted molar refractivity (Wildman–Crippen MR) is 62.6 cm³/mol. The van der Waals surface area contributed by atoms with Crippen molar-refractivity contribution in [2.75, 3.05) is 20.4 Å². The van der Waals surface area contributed by atoms with Gasteiger partial charge in [-0.15, -0.1) is 0 Å². The van der Waals surface area contributed by atoms with Crippen molar-refractivity contribution in [1.29, 1.82) is 0 Å². The summed E-state index contributed by atoms with van der Waals surface area (Å²) in [5.41, 5.74) is 1.70. The molecule has 16 heavy (non-hydrogen) atoms. The van der Waals surface area contributed by atoms with Crippen LogP contribution in [0.2, 0.25) is 0 Å². The van der Waals surface area contributed by atoms with E-state index >= 15 is 0 Å². The summed E-state index contributed by atoms with van der Waals surface area (Å²) >= 11 is 0. The monoisotopic (exact) mass is 244 g/mol. The van der Waals surface area contributed by atoms with Crippen LogP contribution >= 0.6 is 7.60 Å². The molecule has 0 spiro atoms. The molecule has 1 aromatic rings. The van der Waals surface area contributed by atoms with Crippen molar-refractivity contribution < 1.29 is 18.7 Å². The maximum atomic E-state index is 11.8. The van der Waals surface area contributed by atoms with Crippen LogP contribution in [0, 0.1) is 6.92 Å². The lowest BCUT2D eigenvalue weighted by Crippen LogP contribution is -2.07. The van der Waals surface area contributed by atoms with Gasteiger partial charge in [0.05, 0.1) is 12.3 Å². The minimum atomic E-state index is -3.17. The molecule has 0 saturated heterocycles. The molecule has 1 aromatic carbocycles. The van der Waals surface area contributed by atoms with Gasteiger partial charge in [-0.3, -0.25) is 4.57 Å². The smallest absolute Gasteiger partial charge is 0.333 e. The van der Waals surface area contributed by atoms with E-state index in [1.165, 1.54) is 14.2 Å². The molecule has 1 atom stereocenters. The SMILES string of the molecule is COP(=O)(CC(O)c1ccccc1C)OC. The molecule has 1 N–H and O–H groups in total. The summed E-state index contributed by atoms with van der Waals surface area (Å²) < 4.78 is 21.4. The van der Waals surface area contributed by atoms with Crippen LogP contribution in [0.25, 0.3) is 0 Å². The van der Waals surface area contributed by atoms with Crippen molar-refractivity contribution in [1.82, 2.24) is 0 Å². The van der Waals surface area contributed by atoms with Crippen molar-refractivity contribution in [3.05, 3.63) is 35.4 Å². The van der Waals surface area contributed by atoms with Gasteiger partial charge < -0.3 is 14.2 Å². The molecule has 0 aliphatic carbocycles. The Kier molecular flexibility index (Phi) is 4.69. The molecular weight excluding hydrogens is 227 g/mol. The Bertz CT molecular complexity index is 383. The predicted octanol–water partition coefficient (Wildman–Crippen LogP) is 2.51. The summed E-state index contributed by atoms with van der Waals surface area (Å²) in [6.45, 7) is 1.89. The molecule has 1 unspecified atom stereocenters. The van der Waals surface area contributed by atoms with Crippen LogP contribution in [-0.2, 0) is 13.6 Å². The molecule has 0 bridgehead atoms. The van der Waals surface area contributed by atoms with E-state index in [4.69, 9.17) is 9.05 Å². The van der Waals surface area contributed by atoms with Crippen LogP contribution in [-0.4, -0.2) is 25.5 Å².